The van der Waals surface area contributed by atoms with Crippen molar-refractivity contribution in [3.8, 4) is 0 Å². The van der Waals surface area contributed by atoms with Crippen LogP contribution in [0.5, 0.6) is 0 Å². The number of aliphatic hydroxyl groups is 8. The predicted molar refractivity (Wildman–Crippen MR) is 147 cm³/mol. The molecule has 16 nitrogen and oxygen atoms in total. The van der Waals surface area contributed by atoms with E-state index in [1.165, 1.54) is 14.0 Å². The Labute approximate surface area is 256 Å². The van der Waals surface area contributed by atoms with Gasteiger partial charge in [0.1, 0.15) is 55.4 Å². The summed E-state index contributed by atoms with van der Waals surface area (Å²) >= 11 is 0. The molecule has 3 aliphatic heterocycles. The van der Waals surface area contributed by atoms with Gasteiger partial charge in [0.2, 0.25) is 0 Å². The van der Waals surface area contributed by atoms with E-state index in [2.05, 4.69) is 0 Å². The molecule has 3 saturated heterocycles. The molecule has 0 aromatic rings. The molecule has 8 N–H and O–H groups in total. The second-order valence-corrected chi connectivity index (χ2v) is 11.7. The number of hydrogen-bond donors (Lipinski definition) is 8. The van der Waals surface area contributed by atoms with Crippen LogP contribution in [-0.4, -0.2) is 180 Å². The first kappa shape index (κ1) is 37.4. The first-order chi connectivity index (χ1) is 21.0. The van der Waals surface area contributed by atoms with Gasteiger partial charge in [-0.1, -0.05) is 13.3 Å². The number of carbonyl (C=O) groups is 1. The molecule has 3 fully saturated rings. The molecule has 3 aliphatic rings. The molecule has 16 heteroatoms. The summed E-state index contributed by atoms with van der Waals surface area (Å²) < 4.78 is 38.8. The SMILES string of the molecule is CCC1C(CO)OC(COCC2C(CO)OC(COC)C(O)C2O)C(O)C1COCC1OC(COC(C)=O)C(O)C(O)C1O. The van der Waals surface area contributed by atoms with Crippen molar-refractivity contribution in [2.24, 2.45) is 17.8 Å². The number of ether oxygens (including phenoxy) is 7. The second-order valence-electron chi connectivity index (χ2n) is 11.7. The molecule has 0 bridgehead atoms. The van der Waals surface area contributed by atoms with E-state index < -0.39 is 97.7 Å². The highest BCUT2D eigenvalue weighted by atomic mass is 16.6. The maximum Gasteiger partial charge on any atom is 0.302 e. The Morgan fingerprint density at radius 3 is 1.55 bits per heavy atom. The Hall–Kier alpha value is -1.09. The van der Waals surface area contributed by atoms with Crippen molar-refractivity contribution in [1.82, 2.24) is 0 Å². The molecule has 15 unspecified atom stereocenters. The summed E-state index contributed by atoms with van der Waals surface area (Å²) in [5, 5.41) is 83.0. The van der Waals surface area contributed by atoms with Crippen LogP contribution in [-0.2, 0) is 38.0 Å². The van der Waals surface area contributed by atoms with Gasteiger partial charge in [-0.2, -0.15) is 0 Å². The van der Waals surface area contributed by atoms with E-state index in [0.29, 0.717) is 6.42 Å². The van der Waals surface area contributed by atoms with Crippen molar-refractivity contribution in [3.05, 3.63) is 0 Å². The van der Waals surface area contributed by atoms with Crippen LogP contribution in [0.3, 0.4) is 0 Å². The quantitative estimate of drug-likeness (QED) is 0.0792. The van der Waals surface area contributed by atoms with Gasteiger partial charge in [-0.25, -0.2) is 0 Å². The molecule has 3 heterocycles. The molecule has 0 spiro atoms. The summed E-state index contributed by atoms with van der Waals surface area (Å²) in [5.74, 6) is -2.23. The van der Waals surface area contributed by atoms with Gasteiger partial charge in [-0.15, -0.1) is 0 Å². The average Bonchev–Trinajstić information content (AvgIpc) is 3.00. The van der Waals surface area contributed by atoms with Gasteiger partial charge < -0.3 is 74.0 Å². The Balaban J connectivity index is 1.59. The standard InChI is InChI=1S/C28H50O16/c1-4-14-15(7-39-11-21-26(35)28(37)27(36)22(44-21)12-41-13(2)31)23(32)20(42-17(14)5-29)10-40-8-16-18(6-30)43-19(9-38-3)25(34)24(16)33/h14-30,32-37H,4-12H2,1-3H3. The first-order valence-electron chi connectivity index (χ1n) is 15.0. The van der Waals surface area contributed by atoms with Crippen molar-refractivity contribution in [1.29, 1.82) is 0 Å². The molecule has 0 radical (unpaired) electrons. The van der Waals surface area contributed by atoms with E-state index >= 15 is 0 Å². The third kappa shape index (κ3) is 9.04. The van der Waals surface area contributed by atoms with E-state index in [9.17, 15) is 45.6 Å². The average molecular weight is 643 g/mol. The lowest BCUT2D eigenvalue weighted by molar-refractivity contribution is -0.248. The number of carbonyl (C=O) groups excluding carboxylic acids is 1. The number of hydrogen-bond acceptors (Lipinski definition) is 16. The molecule has 3 rings (SSSR count). The number of aliphatic hydroxyl groups excluding tert-OH is 8. The maximum atomic E-state index is 11.3. The summed E-state index contributed by atoms with van der Waals surface area (Å²) in [6.07, 6.45) is -13.0. The lowest BCUT2D eigenvalue weighted by atomic mass is 9.78. The molecule has 44 heavy (non-hydrogen) atoms. The zero-order valence-corrected chi connectivity index (χ0v) is 25.4. The summed E-state index contributed by atoms with van der Waals surface area (Å²) in [7, 11) is 1.42. The van der Waals surface area contributed by atoms with Crippen LogP contribution in [0.25, 0.3) is 0 Å². The number of esters is 1. The van der Waals surface area contributed by atoms with Gasteiger partial charge >= 0.3 is 5.97 Å². The van der Waals surface area contributed by atoms with Crippen LogP contribution in [0.2, 0.25) is 0 Å². The molecule has 0 amide bonds. The lowest BCUT2D eigenvalue weighted by Crippen LogP contribution is -2.60. The monoisotopic (exact) mass is 642 g/mol. The minimum Gasteiger partial charge on any atom is -0.463 e. The van der Waals surface area contributed by atoms with Crippen LogP contribution >= 0.6 is 0 Å². The molecule has 0 aromatic carbocycles. The van der Waals surface area contributed by atoms with Crippen LogP contribution in [0.1, 0.15) is 20.3 Å². The van der Waals surface area contributed by atoms with E-state index in [1.54, 1.807) is 0 Å². The molecule has 0 saturated carbocycles. The van der Waals surface area contributed by atoms with Gasteiger partial charge in [0.05, 0.1) is 70.7 Å². The zero-order valence-electron chi connectivity index (χ0n) is 25.4. The highest BCUT2D eigenvalue weighted by molar-refractivity contribution is 5.65. The van der Waals surface area contributed by atoms with Crippen molar-refractivity contribution < 1.29 is 78.8 Å². The third-order valence-corrected chi connectivity index (χ3v) is 8.80. The van der Waals surface area contributed by atoms with Crippen molar-refractivity contribution in [2.75, 3.05) is 60.0 Å². The van der Waals surface area contributed by atoms with Gasteiger partial charge in [0, 0.05) is 25.9 Å². The van der Waals surface area contributed by atoms with E-state index in [1.807, 2.05) is 6.92 Å². The Kier molecular flexibility index (Phi) is 15.1. The smallest absolute Gasteiger partial charge is 0.302 e. The number of rotatable bonds is 15. The largest absolute Gasteiger partial charge is 0.463 e. The summed E-state index contributed by atoms with van der Waals surface area (Å²) in [5.41, 5.74) is 0. The van der Waals surface area contributed by atoms with Crippen molar-refractivity contribution in [3.63, 3.8) is 0 Å². The maximum absolute atomic E-state index is 11.3. The van der Waals surface area contributed by atoms with Crippen molar-refractivity contribution >= 4 is 5.97 Å². The fraction of sp³-hybridized carbons (Fsp3) is 0.964. The van der Waals surface area contributed by atoms with Crippen LogP contribution in [0.15, 0.2) is 0 Å². The molecular formula is C28H50O16. The van der Waals surface area contributed by atoms with E-state index in [0.717, 1.165) is 0 Å². The first-order valence-corrected chi connectivity index (χ1v) is 15.0. The molecule has 0 aromatic heterocycles. The lowest BCUT2D eigenvalue weighted by Gasteiger charge is -2.45. The van der Waals surface area contributed by atoms with Gasteiger partial charge in [-0.05, 0) is 5.92 Å². The zero-order chi connectivity index (χ0) is 32.6. The van der Waals surface area contributed by atoms with Crippen LogP contribution in [0.4, 0.5) is 0 Å². The highest BCUT2D eigenvalue weighted by Crippen LogP contribution is 2.35. The minimum atomic E-state index is -1.57. The molecular weight excluding hydrogens is 592 g/mol. The molecule has 15 atom stereocenters. The van der Waals surface area contributed by atoms with Gasteiger partial charge in [-0.3, -0.25) is 4.79 Å². The van der Waals surface area contributed by atoms with E-state index in [-0.39, 0.29) is 52.2 Å². The fourth-order valence-corrected chi connectivity index (χ4v) is 6.24. The Morgan fingerprint density at radius 2 is 1.02 bits per heavy atom. The normalized spacial score (nSPS) is 43.1. The van der Waals surface area contributed by atoms with Gasteiger partial charge in [0.25, 0.3) is 0 Å². The topological polar surface area (TPSA) is 244 Å². The summed E-state index contributed by atoms with van der Waals surface area (Å²) in [6.45, 7) is 1.47. The fourth-order valence-electron chi connectivity index (χ4n) is 6.24. The second kappa shape index (κ2) is 17.7. The Bertz CT molecular complexity index is 848. The highest BCUT2D eigenvalue weighted by Gasteiger charge is 2.47. The van der Waals surface area contributed by atoms with Crippen LogP contribution < -0.4 is 0 Å². The minimum absolute atomic E-state index is 0.0260. The van der Waals surface area contributed by atoms with Crippen molar-refractivity contribution in [2.45, 2.75) is 93.5 Å². The predicted octanol–water partition coefficient (Wildman–Crippen LogP) is -4.06. The molecule has 0 aliphatic carbocycles. The van der Waals surface area contributed by atoms with Crippen LogP contribution in [0, 0.1) is 17.8 Å². The molecule has 258 valence electrons. The Morgan fingerprint density at radius 1 is 0.568 bits per heavy atom. The van der Waals surface area contributed by atoms with E-state index in [4.69, 9.17) is 33.2 Å². The van der Waals surface area contributed by atoms with Gasteiger partial charge in [0.15, 0.2) is 0 Å². The summed E-state index contributed by atoms with van der Waals surface area (Å²) in [6, 6.07) is 0. The number of methoxy groups -OCH3 is 1. The summed E-state index contributed by atoms with van der Waals surface area (Å²) in [4.78, 5) is 11.2. The third-order valence-electron chi connectivity index (χ3n) is 8.80.